The maximum absolute atomic E-state index is 3.60. The van der Waals surface area contributed by atoms with Crippen molar-refractivity contribution in [2.45, 2.75) is 19.8 Å². The van der Waals surface area contributed by atoms with Crippen LogP contribution < -0.4 is 0 Å². The molecule has 0 unspecified atom stereocenters. The quantitative estimate of drug-likeness (QED) is 0.374. The molecule has 0 N–H and O–H groups in total. The van der Waals surface area contributed by atoms with Crippen LogP contribution in [0.15, 0.2) is 0 Å². The van der Waals surface area contributed by atoms with Gasteiger partial charge in [-0.3, -0.25) is 0 Å². The number of hydrogen-bond donors (Lipinski definition) is 0. The summed E-state index contributed by atoms with van der Waals surface area (Å²) in [5.74, 6) is 0. The third-order valence-corrected chi connectivity index (χ3v) is 0.354. The van der Waals surface area contributed by atoms with E-state index in [1.165, 1.54) is 6.42 Å². The molecule has 0 radical (unpaired) electrons. The molecule has 0 fully saturated rings. The molecule has 0 nitrogen and oxygen atoms in total. The normalized spacial score (nSPS) is 5.83. The van der Waals surface area contributed by atoms with E-state index in [4.69, 9.17) is 0 Å². The summed E-state index contributed by atoms with van der Waals surface area (Å²) < 4.78 is 0. The number of unbranched alkanes of at least 4 members (excludes halogenated alkanes) is 1. The van der Waals surface area contributed by atoms with E-state index in [1.807, 2.05) is 20.3 Å². The van der Waals surface area contributed by atoms with Gasteiger partial charge in [-0.15, -0.1) is 0 Å². The Morgan fingerprint density at radius 2 is 1.83 bits per heavy atom. The van der Waals surface area contributed by atoms with Crippen molar-refractivity contribution >= 4 is 20.3 Å². The number of hydrogen-bond acceptors (Lipinski definition) is 0. The molecule has 6 heavy (non-hydrogen) atoms. The van der Waals surface area contributed by atoms with Crippen LogP contribution in [0.5, 0.6) is 0 Å². The van der Waals surface area contributed by atoms with Gasteiger partial charge in [-0.05, 0) is 0 Å². The van der Waals surface area contributed by atoms with E-state index >= 15 is 0 Å². The average Bonchev–Trinajstić information content (AvgIpc) is 1.72. The van der Waals surface area contributed by atoms with E-state index in [2.05, 4.69) is 26.6 Å². The van der Waals surface area contributed by atoms with Crippen LogP contribution in [0.25, 0.3) is 0 Å². The molecule has 0 rings (SSSR count). The standard InChI is InChI=1S/C4H9.HI.Mn/c1-3-4-2;;/h1,3-4H2,2H3;1H;/q-1;;+2/p-1. The first-order chi connectivity index (χ1) is 2.91. The average molecular weight is 239 g/mol. The van der Waals surface area contributed by atoms with E-state index < -0.39 is 0 Å². The van der Waals surface area contributed by atoms with E-state index in [1.54, 1.807) is 0 Å². The molecule has 0 saturated carbocycles. The van der Waals surface area contributed by atoms with Crippen molar-refractivity contribution in [2.24, 2.45) is 0 Å². The molecular formula is C4H9IMn. The Labute approximate surface area is 59.6 Å². The second-order valence-electron chi connectivity index (χ2n) is 0.854. The minimum absolute atomic E-state index is 1.07. The Balaban J connectivity index is 0. The van der Waals surface area contributed by atoms with Crippen molar-refractivity contribution in [3.63, 3.8) is 0 Å². The van der Waals surface area contributed by atoms with Crippen LogP contribution >= 0.6 is 20.3 Å². The molecule has 0 spiro atoms. The summed E-state index contributed by atoms with van der Waals surface area (Å²) >= 11 is 4.87. The van der Waals surface area contributed by atoms with Crippen LogP contribution in [0.4, 0.5) is 0 Å². The van der Waals surface area contributed by atoms with Crippen molar-refractivity contribution in [1.82, 2.24) is 0 Å². The predicted molar refractivity (Wildman–Crippen MR) is 34.3 cm³/mol. The van der Waals surface area contributed by atoms with Crippen molar-refractivity contribution in [3.8, 4) is 0 Å². The second kappa shape index (κ2) is 16.3. The summed E-state index contributed by atoms with van der Waals surface area (Å²) in [5, 5.41) is 0. The van der Waals surface area contributed by atoms with Gasteiger partial charge in [-0.1, -0.05) is 13.3 Å². The molecule has 0 aromatic heterocycles. The predicted octanol–water partition coefficient (Wildman–Crippen LogP) is 2.50. The first-order valence-corrected chi connectivity index (χ1v) is 5.66. The second-order valence-corrected chi connectivity index (χ2v) is 0.854. The Morgan fingerprint density at radius 1 is 1.67 bits per heavy atom. The summed E-state index contributed by atoms with van der Waals surface area (Å²) in [7, 11) is 0. The first-order valence-electron chi connectivity index (χ1n) is 1.85. The van der Waals surface area contributed by atoms with Gasteiger partial charge in [0.25, 0.3) is 0 Å². The molecular weight excluding hydrogens is 230 g/mol. The van der Waals surface area contributed by atoms with Gasteiger partial charge < -0.3 is 6.92 Å². The zero-order valence-corrected chi connectivity index (χ0v) is 7.22. The van der Waals surface area contributed by atoms with Gasteiger partial charge in [0.15, 0.2) is 0 Å². The van der Waals surface area contributed by atoms with Gasteiger partial charge in [0.1, 0.15) is 0 Å². The van der Waals surface area contributed by atoms with Gasteiger partial charge in [-0.25, -0.2) is 0 Å². The fourth-order valence-corrected chi connectivity index (χ4v) is 0. The summed E-state index contributed by atoms with van der Waals surface area (Å²) in [6, 6.07) is 0. The fraction of sp³-hybridized carbons (Fsp3) is 0.750. The minimum atomic E-state index is 1.07. The molecule has 0 atom stereocenters. The SMILES string of the molecule is [CH2-]CCC.[Mn+][I]. The number of halogens is 1. The molecule has 0 aliphatic heterocycles. The van der Waals surface area contributed by atoms with Gasteiger partial charge >= 0.3 is 33.1 Å². The molecule has 0 aliphatic carbocycles. The van der Waals surface area contributed by atoms with Crippen LogP contribution in [0.2, 0.25) is 0 Å². The van der Waals surface area contributed by atoms with E-state index in [0.29, 0.717) is 0 Å². The molecule has 0 aliphatic rings. The Morgan fingerprint density at radius 3 is 1.83 bits per heavy atom. The van der Waals surface area contributed by atoms with E-state index in [9.17, 15) is 0 Å². The van der Waals surface area contributed by atoms with Crippen molar-refractivity contribution in [3.05, 3.63) is 6.92 Å². The third-order valence-electron chi connectivity index (χ3n) is 0.354. The van der Waals surface area contributed by atoms with Gasteiger partial charge in [0.2, 0.25) is 0 Å². The monoisotopic (exact) mass is 239 g/mol. The molecule has 0 bridgehead atoms. The van der Waals surface area contributed by atoms with Crippen LogP contribution in [0.3, 0.4) is 0 Å². The molecule has 0 aromatic rings. The first kappa shape index (κ1) is 10.3. The van der Waals surface area contributed by atoms with Crippen LogP contribution in [0.1, 0.15) is 19.8 Å². The Kier molecular flexibility index (Phi) is 27.9. The topological polar surface area (TPSA) is 0 Å². The summed E-state index contributed by atoms with van der Waals surface area (Å²) in [6.45, 7) is 5.72. The zero-order chi connectivity index (χ0) is 5.41. The molecule has 39 valence electrons. The van der Waals surface area contributed by atoms with Crippen LogP contribution in [-0.2, 0) is 12.8 Å². The van der Waals surface area contributed by atoms with E-state index in [0.717, 1.165) is 6.42 Å². The Hall–Kier alpha value is 1.25. The summed E-state index contributed by atoms with van der Waals surface area (Å²) in [4.78, 5) is 0. The van der Waals surface area contributed by atoms with Gasteiger partial charge in [0.05, 0.1) is 0 Å². The third kappa shape index (κ3) is 18.7. The molecule has 0 saturated heterocycles. The molecule has 0 aromatic carbocycles. The van der Waals surface area contributed by atoms with Crippen molar-refractivity contribution in [2.75, 3.05) is 0 Å². The van der Waals surface area contributed by atoms with Gasteiger partial charge in [-0.2, -0.15) is 6.42 Å². The fourth-order valence-electron chi connectivity index (χ4n) is 0. The number of rotatable bonds is 1. The maximum atomic E-state index is 3.60. The summed E-state index contributed by atoms with van der Waals surface area (Å²) in [5.41, 5.74) is 0. The van der Waals surface area contributed by atoms with Crippen molar-refractivity contribution in [1.29, 1.82) is 0 Å². The Bertz CT molecular complexity index is 9.51. The van der Waals surface area contributed by atoms with E-state index in [-0.39, 0.29) is 0 Å². The zero-order valence-electron chi connectivity index (χ0n) is 3.88. The van der Waals surface area contributed by atoms with Crippen LogP contribution in [0, 0.1) is 6.92 Å². The molecule has 2 heteroatoms. The molecule has 0 amide bonds. The van der Waals surface area contributed by atoms with Crippen molar-refractivity contribution < 1.29 is 12.8 Å². The van der Waals surface area contributed by atoms with Crippen LogP contribution in [-0.4, -0.2) is 0 Å². The van der Waals surface area contributed by atoms with Gasteiger partial charge in [0, 0.05) is 0 Å². The molecule has 0 heterocycles. The summed E-state index contributed by atoms with van der Waals surface area (Å²) in [6.07, 6.45) is 2.28.